The van der Waals surface area contributed by atoms with Gasteiger partial charge >= 0.3 is 8.60 Å². The highest BCUT2D eigenvalue weighted by Gasteiger charge is 2.06. The molecule has 1 atom stereocenters. The third kappa shape index (κ3) is 6.19. The first-order valence-electron chi connectivity index (χ1n) is 2.95. The molecule has 0 aromatic heterocycles. The van der Waals surface area contributed by atoms with Crippen LogP contribution in [-0.2, 0) is 9.05 Å². The highest BCUT2D eigenvalue weighted by atomic mass is 31.2. The lowest BCUT2D eigenvalue weighted by molar-refractivity contribution is 0.170. The second-order valence-electron chi connectivity index (χ2n) is 1.81. The van der Waals surface area contributed by atoms with Crippen LogP contribution in [0.2, 0.25) is 0 Å². The summed E-state index contributed by atoms with van der Waals surface area (Å²) in [5.74, 6) is 0. The van der Waals surface area contributed by atoms with Crippen molar-refractivity contribution < 1.29 is 13.9 Å². The fourth-order valence-corrected chi connectivity index (χ4v) is 0.964. The van der Waals surface area contributed by atoms with Crippen LogP contribution in [0.4, 0.5) is 0 Å². The second-order valence-corrected chi connectivity index (χ2v) is 2.75. The van der Waals surface area contributed by atoms with Gasteiger partial charge in [-0.1, -0.05) is 0 Å². The zero-order valence-corrected chi connectivity index (χ0v) is 6.89. The van der Waals surface area contributed by atoms with Crippen molar-refractivity contribution in [3.05, 3.63) is 0 Å². The molecule has 0 saturated carbocycles. The van der Waals surface area contributed by atoms with E-state index in [1.54, 1.807) is 0 Å². The maximum absolute atomic E-state index is 8.84. The van der Waals surface area contributed by atoms with E-state index in [1.165, 1.54) is 0 Å². The molecule has 1 N–H and O–H groups in total. The molecule has 0 heterocycles. The van der Waals surface area contributed by atoms with E-state index >= 15 is 0 Å². The van der Waals surface area contributed by atoms with Crippen LogP contribution in [0.15, 0.2) is 0 Å². The number of rotatable bonds is 4. The van der Waals surface area contributed by atoms with Gasteiger partial charge in [-0.25, -0.2) is 0 Å². The Morgan fingerprint density at radius 1 is 1.56 bits per heavy atom. The Bertz CT molecular complexity index is 67.2. The summed E-state index contributed by atoms with van der Waals surface area (Å²) in [6.07, 6.45) is 0.0349. The van der Waals surface area contributed by atoms with Gasteiger partial charge < -0.3 is 13.9 Å². The Morgan fingerprint density at radius 3 is 2.44 bits per heavy atom. The fraction of sp³-hybridized carbons (Fsp3) is 1.00. The van der Waals surface area contributed by atoms with E-state index in [1.807, 2.05) is 20.8 Å². The second kappa shape index (κ2) is 5.12. The molecule has 0 aliphatic carbocycles. The van der Waals surface area contributed by atoms with Gasteiger partial charge in [0.1, 0.15) is 0 Å². The summed E-state index contributed by atoms with van der Waals surface area (Å²) in [5.41, 5.74) is 0. The minimum absolute atomic E-state index is 0.0349. The van der Waals surface area contributed by atoms with Gasteiger partial charge in [0.05, 0.1) is 12.7 Å². The standard InChI is InChI=1S/C5H13O3P/c1-4-7-9(6)8-5(2)3/h5-6H,4H2,1-3H3. The Labute approximate surface area is 57.0 Å². The van der Waals surface area contributed by atoms with Gasteiger partial charge in [0.25, 0.3) is 0 Å². The smallest absolute Gasteiger partial charge is 0.328 e. The molecule has 0 saturated heterocycles. The molecule has 0 bridgehead atoms. The summed E-state index contributed by atoms with van der Waals surface area (Å²) in [7, 11) is -1.62. The normalized spacial score (nSPS) is 14.3. The Balaban J connectivity index is 3.15. The number of hydrogen-bond acceptors (Lipinski definition) is 3. The van der Waals surface area contributed by atoms with E-state index in [-0.39, 0.29) is 6.10 Å². The quantitative estimate of drug-likeness (QED) is 0.622. The molecule has 0 radical (unpaired) electrons. The average Bonchev–Trinajstić information content (AvgIpc) is 1.63. The molecule has 0 fully saturated rings. The van der Waals surface area contributed by atoms with Crippen LogP contribution in [0.5, 0.6) is 0 Å². The van der Waals surface area contributed by atoms with Crippen LogP contribution >= 0.6 is 8.60 Å². The summed E-state index contributed by atoms with van der Waals surface area (Å²) in [4.78, 5) is 8.84. The molecule has 1 unspecified atom stereocenters. The van der Waals surface area contributed by atoms with Crippen molar-refractivity contribution >= 4 is 8.60 Å². The lowest BCUT2D eigenvalue weighted by atomic mass is 10.5. The first-order valence-corrected chi connectivity index (χ1v) is 4.08. The van der Waals surface area contributed by atoms with Crippen molar-refractivity contribution in [1.82, 2.24) is 0 Å². The first-order chi connectivity index (χ1) is 4.16. The van der Waals surface area contributed by atoms with Gasteiger partial charge in [0, 0.05) is 0 Å². The molecule has 4 heteroatoms. The molecule has 0 aliphatic rings. The molecule has 0 amide bonds. The van der Waals surface area contributed by atoms with Gasteiger partial charge in [-0.05, 0) is 20.8 Å². The molecule has 3 nitrogen and oxygen atoms in total. The zero-order chi connectivity index (χ0) is 7.28. The molecule has 0 aliphatic heterocycles. The maximum atomic E-state index is 8.84. The van der Waals surface area contributed by atoms with Crippen molar-refractivity contribution in [1.29, 1.82) is 0 Å². The molecule has 0 aromatic rings. The third-order valence-electron chi connectivity index (χ3n) is 0.541. The van der Waals surface area contributed by atoms with Crippen LogP contribution in [-0.4, -0.2) is 17.6 Å². The van der Waals surface area contributed by atoms with Crippen LogP contribution in [0, 0.1) is 0 Å². The fourth-order valence-electron chi connectivity index (χ4n) is 0.321. The van der Waals surface area contributed by atoms with E-state index in [9.17, 15) is 0 Å². The highest BCUT2D eigenvalue weighted by molar-refractivity contribution is 7.40. The van der Waals surface area contributed by atoms with E-state index in [2.05, 4.69) is 0 Å². The average molecular weight is 152 g/mol. The van der Waals surface area contributed by atoms with Crippen LogP contribution in [0.25, 0.3) is 0 Å². The summed E-state index contributed by atoms with van der Waals surface area (Å²) < 4.78 is 9.64. The van der Waals surface area contributed by atoms with Gasteiger partial charge in [0.15, 0.2) is 0 Å². The maximum Gasteiger partial charge on any atom is 0.330 e. The molecular weight excluding hydrogens is 139 g/mol. The number of hydrogen-bond donors (Lipinski definition) is 1. The van der Waals surface area contributed by atoms with Gasteiger partial charge in [0.2, 0.25) is 0 Å². The van der Waals surface area contributed by atoms with Crippen LogP contribution in [0.1, 0.15) is 20.8 Å². The van der Waals surface area contributed by atoms with E-state index in [4.69, 9.17) is 13.9 Å². The van der Waals surface area contributed by atoms with Gasteiger partial charge in [-0.2, -0.15) is 0 Å². The lowest BCUT2D eigenvalue weighted by Gasteiger charge is -2.10. The Hall–Kier alpha value is 0.310. The van der Waals surface area contributed by atoms with Crippen molar-refractivity contribution in [2.45, 2.75) is 26.9 Å². The first kappa shape index (κ1) is 9.31. The molecule has 9 heavy (non-hydrogen) atoms. The van der Waals surface area contributed by atoms with Gasteiger partial charge in [-0.3, -0.25) is 0 Å². The van der Waals surface area contributed by atoms with Gasteiger partial charge in [-0.15, -0.1) is 0 Å². The molecular formula is C5H13O3P. The Kier molecular flexibility index (Phi) is 5.30. The molecule has 0 aromatic carbocycles. The SMILES string of the molecule is CCOP(O)OC(C)C. The monoisotopic (exact) mass is 152 g/mol. The summed E-state index contributed by atoms with van der Waals surface area (Å²) >= 11 is 0. The van der Waals surface area contributed by atoms with E-state index in [0.717, 1.165) is 0 Å². The van der Waals surface area contributed by atoms with Crippen molar-refractivity contribution in [2.75, 3.05) is 6.61 Å². The predicted octanol–water partition coefficient (Wildman–Crippen LogP) is 1.67. The minimum Gasteiger partial charge on any atom is -0.328 e. The third-order valence-corrected chi connectivity index (χ3v) is 1.62. The van der Waals surface area contributed by atoms with E-state index < -0.39 is 8.60 Å². The van der Waals surface area contributed by atoms with E-state index in [0.29, 0.717) is 6.61 Å². The zero-order valence-electron chi connectivity index (χ0n) is 6.00. The predicted molar refractivity (Wildman–Crippen MR) is 37.0 cm³/mol. The summed E-state index contributed by atoms with van der Waals surface area (Å²) in [6.45, 7) is 6.01. The van der Waals surface area contributed by atoms with Crippen LogP contribution in [0.3, 0.4) is 0 Å². The minimum atomic E-state index is -1.62. The molecule has 0 rings (SSSR count). The topological polar surface area (TPSA) is 38.7 Å². The molecule has 56 valence electrons. The van der Waals surface area contributed by atoms with Crippen LogP contribution < -0.4 is 0 Å². The lowest BCUT2D eigenvalue weighted by Crippen LogP contribution is -1.98. The highest BCUT2D eigenvalue weighted by Crippen LogP contribution is 2.33. The largest absolute Gasteiger partial charge is 0.330 e. The van der Waals surface area contributed by atoms with Crippen molar-refractivity contribution in [3.63, 3.8) is 0 Å². The summed E-state index contributed by atoms with van der Waals surface area (Å²) in [6, 6.07) is 0. The van der Waals surface area contributed by atoms with Crippen molar-refractivity contribution in [3.8, 4) is 0 Å². The summed E-state index contributed by atoms with van der Waals surface area (Å²) in [5, 5.41) is 0. The molecule has 0 spiro atoms. The Morgan fingerprint density at radius 2 is 2.11 bits per heavy atom. The van der Waals surface area contributed by atoms with Crippen molar-refractivity contribution in [2.24, 2.45) is 0 Å².